The fourth-order valence-electron chi connectivity index (χ4n) is 13.6. The van der Waals surface area contributed by atoms with Gasteiger partial charge >= 0.3 is 12.2 Å². The van der Waals surface area contributed by atoms with Crippen LogP contribution in [0.3, 0.4) is 0 Å². The van der Waals surface area contributed by atoms with Crippen molar-refractivity contribution in [3.05, 3.63) is 107 Å². The third-order valence-corrected chi connectivity index (χ3v) is 17.3. The zero-order chi connectivity index (χ0) is 52.5. The third-order valence-electron chi connectivity index (χ3n) is 17.3. The van der Waals surface area contributed by atoms with E-state index in [0.717, 1.165) is 135 Å². The highest BCUT2D eigenvalue weighted by Crippen LogP contribution is 2.48. The van der Waals surface area contributed by atoms with Gasteiger partial charge in [0.1, 0.15) is 23.7 Å². The van der Waals surface area contributed by atoms with E-state index in [-0.39, 0.29) is 48.8 Å². The second-order valence-electron chi connectivity index (χ2n) is 21.7. The molecule has 4 fully saturated rings. The standard InChI is InChI=1S/C61H67N9O6/c1-4-5-13-48(67-60(73)75-2)58(71)69-52-15-8-6-11-42(52)34-54(69)56-63-46-27-25-40(32-50(46)65-56)44-30-36-17-21-38(44)22-18-37-20-24-39(23-19-36)45(31-37)41-26-28-47-51(33-41)66-57(64-47)55-35-43-12-7-9-16-53(43)70(55)59(72)49(14-10-29-62)68-61(74)76-3/h1,17,20-21,24-28,30-33,42-43,48-49,52-55H,5-16,18-19,22-23,34-35H2,2-3H3,(H,63,65)(H,64,66)(H,67,73)(H,68,74)/t42-,43-,48-,49-,52-,53-,54-,55-/m0/s1. The molecule has 14 rings (SSSR count). The maximum atomic E-state index is 14.5. The van der Waals surface area contributed by atoms with Crippen LogP contribution < -0.4 is 10.6 Å². The van der Waals surface area contributed by atoms with Gasteiger partial charge in [-0.15, -0.1) is 12.3 Å². The normalized spacial score (nSPS) is 22.6. The number of carbonyl (C=O) groups excluding carboxylic acids is 4. The molecule has 4 N–H and O–H groups in total. The molecule has 2 saturated heterocycles. The van der Waals surface area contributed by atoms with E-state index >= 15 is 0 Å². The van der Waals surface area contributed by atoms with Crippen molar-refractivity contribution >= 4 is 46.1 Å². The molecule has 15 heteroatoms. The minimum atomic E-state index is -0.869. The number of ether oxygens (including phenoxy) is 2. The number of hydrogen-bond acceptors (Lipinski definition) is 9. The summed E-state index contributed by atoms with van der Waals surface area (Å²) in [5.74, 6) is 4.51. The summed E-state index contributed by atoms with van der Waals surface area (Å²) in [4.78, 5) is 75.3. The first-order valence-electron chi connectivity index (χ1n) is 27.5. The predicted octanol–water partition coefficient (Wildman–Crippen LogP) is 10.5. The molecule has 15 nitrogen and oxygen atoms in total. The van der Waals surface area contributed by atoms with E-state index in [0.29, 0.717) is 24.7 Å². The Hall–Kier alpha value is -7.65. The van der Waals surface area contributed by atoms with Crippen LogP contribution in [0.2, 0.25) is 0 Å². The molecule has 4 heterocycles. The van der Waals surface area contributed by atoms with Crippen LogP contribution in [-0.4, -0.2) is 92.1 Å². The topological polar surface area (TPSA) is 198 Å². The van der Waals surface area contributed by atoms with Gasteiger partial charge in [0.25, 0.3) is 0 Å². The van der Waals surface area contributed by atoms with Crippen molar-refractivity contribution in [2.45, 2.75) is 152 Å². The smallest absolute Gasteiger partial charge is 0.407 e. The van der Waals surface area contributed by atoms with E-state index < -0.39 is 24.3 Å². The molecule has 8 atom stereocenters. The third kappa shape index (κ3) is 10.00. The second kappa shape index (κ2) is 21.9. The largest absolute Gasteiger partial charge is 0.453 e. The number of aromatic amines is 2. The number of fused-ring (bicyclic) bond motifs is 4. The van der Waals surface area contributed by atoms with E-state index in [1.165, 1.54) is 47.6 Å². The molecule has 4 aromatic carbocycles. The highest BCUT2D eigenvalue weighted by Gasteiger charge is 2.49. The lowest BCUT2D eigenvalue weighted by molar-refractivity contribution is -0.138. The van der Waals surface area contributed by atoms with Gasteiger partial charge < -0.3 is 39.9 Å². The Kier molecular flexibility index (Phi) is 14.6. The Morgan fingerprint density at radius 1 is 0.645 bits per heavy atom. The Labute approximate surface area is 443 Å². The number of terminal acetylenes is 1. The quantitative estimate of drug-likeness (QED) is 0.0862. The molecule has 4 bridgehead atoms. The highest BCUT2D eigenvalue weighted by atomic mass is 16.5. The van der Waals surface area contributed by atoms with Gasteiger partial charge in [0.05, 0.1) is 54.4 Å². The van der Waals surface area contributed by atoms with Crippen LogP contribution in [0.15, 0.2) is 72.8 Å². The Balaban J connectivity index is 0.844. The zero-order valence-electron chi connectivity index (χ0n) is 43.5. The number of nitriles is 1. The SMILES string of the molecule is C#CCC[C@H](NC(=O)OC)C(=O)N1[C@H](c2nc3ccc(-c4cc5ccc4CCc4ccc(c(-c6ccc7nc([C@@H]8C[C@@H]9CCCC[C@@H]9N8C(=O)[C@H](CCC#N)NC(=O)OC)[nH]c7c6)c4)CC5)cc3[nH]2)C[C@@H]2CCCC[C@@H]21. The summed E-state index contributed by atoms with van der Waals surface area (Å²) in [5.41, 5.74) is 13.2. The number of amides is 4. The molecule has 392 valence electrons. The fraction of sp³-hybridized carbons (Fsp3) is 0.459. The number of alkyl carbamates (subject to hydrolysis) is 2. The average molecular weight is 1020 g/mol. The van der Waals surface area contributed by atoms with Gasteiger partial charge in [-0.1, -0.05) is 74.2 Å². The van der Waals surface area contributed by atoms with Gasteiger partial charge in [0, 0.05) is 24.9 Å². The van der Waals surface area contributed by atoms with Gasteiger partial charge in [-0.05, 0) is 158 Å². The van der Waals surface area contributed by atoms with Crippen LogP contribution in [0.25, 0.3) is 44.3 Å². The first kappa shape index (κ1) is 50.5. The maximum absolute atomic E-state index is 14.5. The minimum absolute atomic E-state index is 0.0405. The van der Waals surface area contributed by atoms with Gasteiger partial charge in [-0.25, -0.2) is 19.6 Å². The number of methoxy groups -OCH3 is 2. The number of H-pyrrole nitrogens is 2. The van der Waals surface area contributed by atoms with E-state index in [2.05, 4.69) is 105 Å². The van der Waals surface area contributed by atoms with Crippen molar-refractivity contribution in [3.8, 4) is 40.7 Å². The van der Waals surface area contributed by atoms with Gasteiger partial charge in [0.2, 0.25) is 11.8 Å². The number of nitrogens with zero attached hydrogens (tertiary/aromatic N) is 5. The van der Waals surface area contributed by atoms with Crippen LogP contribution in [0.4, 0.5) is 9.59 Å². The van der Waals surface area contributed by atoms with Crippen molar-refractivity contribution in [1.82, 2.24) is 40.4 Å². The molecule has 2 aromatic heterocycles. The Morgan fingerprint density at radius 3 is 1.55 bits per heavy atom. The lowest BCUT2D eigenvalue weighted by atomic mass is 9.84. The number of imidazole rings is 2. The Bertz CT molecular complexity index is 3060. The number of benzene rings is 4. The molecular weight excluding hydrogens is 955 g/mol. The van der Waals surface area contributed by atoms with Crippen LogP contribution in [0.5, 0.6) is 0 Å². The number of aryl methyl sites for hydroxylation is 4. The molecule has 2 aliphatic heterocycles. The average Bonchev–Trinajstić information content (AvgIpc) is 4.25. The van der Waals surface area contributed by atoms with E-state index in [1.54, 1.807) is 0 Å². The molecule has 6 aromatic rings. The molecule has 2 saturated carbocycles. The number of carbonyl (C=O) groups is 4. The van der Waals surface area contributed by atoms with Crippen molar-refractivity contribution in [2.75, 3.05) is 14.2 Å². The van der Waals surface area contributed by atoms with E-state index in [1.807, 2.05) is 9.80 Å². The van der Waals surface area contributed by atoms with Gasteiger partial charge in [0.15, 0.2) is 0 Å². The molecule has 0 unspecified atom stereocenters. The summed E-state index contributed by atoms with van der Waals surface area (Å²) in [6, 6.07) is 26.8. The highest BCUT2D eigenvalue weighted by molar-refractivity contribution is 5.89. The number of hydrogen-bond donors (Lipinski definition) is 4. The van der Waals surface area contributed by atoms with E-state index in [4.69, 9.17) is 25.9 Å². The summed E-state index contributed by atoms with van der Waals surface area (Å²) in [5, 5.41) is 14.9. The van der Waals surface area contributed by atoms with Crippen molar-refractivity contribution in [2.24, 2.45) is 11.8 Å². The predicted molar refractivity (Wildman–Crippen MR) is 289 cm³/mol. The molecular formula is C61H67N9O6. The van der Waals surface area contributed by atoms with E-state index in [9.17, 15) is 24.4 Å². The fourth-order valence-corrected chi connectivity index (χ4v) is 13.6. The van der Waals surface area contributed by atoms with Crippen molar-refractivity contribution in [3.63, 3.8) is 0 Å². The molecule has 8 aliphatic rings. The maximum Gasteiger partial charge on any atom is 0.407 e. The number of nitrogens with one attached hydrogen (secondary N) is 4. The van der Waals surface area contributed by atoms with Gasteiger partial charge in [-0.3, -0.25) is 9.59 Å². The number of likely N-dealkylation sites (tertiary alicyclic amines) is 2. The first-order chi connectivity index (χ1) is 37.1. The van der Waals surface area contributed by atoms with Crippen LogP contribution in [0.1, 0.15) is 136 Å². The molecule has 4 amide bonds. The second-order valence-corrected chi connectivity index (χ2v) is 21.7. The van der Waals surface area contributed by atoms with Crippen LogP contribution in [0, 0.1) is 35.5 Å². The Morgan fingerprint density at radius 2 is 1.11 bits per heavy atom. The summed E-state index contributed by atoms with van der Waals surface area (Å²) in [6.45, 7) is 0. The number of rotatable bonds is 12. The van der Waals surface area contributed by atoms with Crippen molar-refractivity contribution in [1.29, 1.82) is 5.26 Å². The summed E-state index contributed by atoms with van der Waals surface area (Å²) in [6.07, 6.45) is 18.6. The summed E-state index contributed by atoms with van der Waals surface area (Å²) >= 11 is 0. The van der Waals surface area contributed by atoms with Crippen molar-refractivity contribution < 1.29 is 28.7 Å². The molecule has 6 aliphatic carbocycles. The molecule has 0 spiro atoms. The zero-order valence-corrected chi connectivity index (χ0v) is 43.5. The van der Waals surface area contributed by atoms with Crippen LogP contribution in [-0.2, 0) is 44.7 Å². The molecule has 0 radical (unpaired) electrons. The number of aromatic nitrogens is 4. The lowest BCUT2D eigenvalue weighted by Crippen LogP contribution is -2.51. The summed E-state index contributed by atoms with van der Waals surface area (Å²) < 4.78 is 9.79. The lowest BCUT2D eigenvalue weighted by Gasteiger charge is -2.35. The minimum Gasteiger partial charge on any atom is -0.453 e. The first-order valence-corrected chi connectivity index (χ1v) is 27.5. The van der Waals surface area contributed by atoms with Crippen LogP contribution >= 0.6 is 0 Å². The van der Waals surface area contributed by atoms with Gasteiger partial charge in [-0.2, -0.15) is 5.26 Å². The summed E-state index contributed by atoms with van der Waals surface area (Å²) in [7, 11) is 2.58. The molecule has 76 heavy (non-hydrogen) atoms. The monoisotopic (exact) mass is 1020 g/mol.